The van der Waals surface area contributed by atoms with Crippen LogP contribution in [-0.4, -0.2) is 26.2 Å². The first-order chi connectivity index (χ1) is 13.7. The number of hydrogen-bond donors (Lipinski definition) is 1. The number of hydrogen-bond acceptors (Lipinski definition) is 4. The molecule has 7 heteroatoms. The van der Waals surface area contributed by atoms with E-state index >= 15 is 0 Å². The van der Waals surface area contributed by atoms with Crippen LogP contribution in [-0.2, 0) is 19.4 Å². The second-order valence-electron chi connectivity index (χ2n) is 6.03. The van der Waals surface area contributed by atoms with Crippen molar-refractivity contribution >= 4 is 23.1 Å². The topological polar surface area (TPSA) is 59.7 Å². The number of pyridine rings is 1. The van der Waals surface area contributed by atoms with Gasteiger partial charge in [-0.3, -0.25) is 4.98 Å². The van der Waals surface area contributed by atoms with E-state index in [9.17, 15) is 5.11 Å². The lowest BCUT2D eigenvalue weighted by molar-refractivity contribution is 0.294. The van der Waals surface area contributed by atoms with Crippen molar-refractivity contribution in [1.82, 2.24) is 14.5 Å². The van der Waals surface area contributed by atoms with Gasteiger partial charge in [-0.2, -0.15) is 0 Å². The van der Waals surface area contributed by atoms with Crippen molar-refractivity contribution in [2.45, 2.75) is 36.2 Å². The first-order valence-electron chi connectivity index (χ1n) is 8.85. The molecular weight excluding hydrogens is 370 g/mol. The minimum atomic E-state index is 0.0154. The smallest absolute Gasteiger partial charge is 0.178 e. The molecule has 0 amide bonds. The molecule has 0 aliphatic rings. The summed E-state index contributed by atoms with van der Waals surface area (Å²) in [5.74, 6) is 0.805. The second-order valence-corrected chi connectivity index (χ2v) is 7.09. The van der Waals surface area contributed by atoms with Gasteiger partial charge in [0.2, 0.25) is 0 Å². The Labute approximate surface area is 168 Å². The van der Waals surface area contributed by atoms with Gasteiger partial charge in [0.25, 0.3) is 0 Å². The lowest BCUT2D eigenvalue weighted by Crippen LogP contribution is -2.09. The number of aromatic nitrogens is 3. The number of aliphatic hydroxyl groups excluding tert-OH is 1. The van der Waals surface area contributed by atoms with Gasteiger partial charge in [0, 0.05) is 12.6 Å². The van der Waals surface area contributed by atoms with Crippen molar-refractivity contribution in [3.63, 3.8) is 0 Å². The predicted molar refractivity (Wildman–Crippen MR) is 109 cm³/mol. The zero-order chi connectivity index (χ0) is 19.9. The highest BCUT2D eigenvalue weighted by molar-refractivity contribution is 7.99. The third-order valence-electron chi connectivity index (χ3n) is 4.13. The molecule has 0 saturated carbocycles. The van der Waals surface area contributed by atoms with Gasteiger partial charge in [-0.15, -0.1) is 0 Å². The number of rotatable bonds is 7. The molecule has 0 bridgehead atoms. The monoisotopic (exact) mass is 389 g/mol. The van der Waals surface area contributed by atoms with Crippen molar-refractivity contribution < 1.29 is 5.11 Å². The van der Waals surface area contributed by atoms with Gasteiger partial charge >= 0.3 is 0 Å². The van der Waals surface area contributed by atoms with Crippen LogP contribution in [0, 0.1) is 13.1 Å². The largest absolute Gasteiger partial charge is 0.396 e. The summed E-state index contributed by atoms with van der Waals surface area (Å²) < 4.78 is 2.07. The van der Waals surface area contributed by atoms with Crippen molar-refractivity contribution in [2.75, 3.05) is 6.61 Å². The van der Waals surface area contributed by atoms with E-state index in [1.54, 1.807) is 24.4 Å². The molecule has 2 aromatic heterocycles. The van der Waals surface area contributed by atoms with E-state index in [0.717, 1.165) is 33.6 Å². The van der Waals surface area contributed by atoms with Crippen molar-refractivity contribution in [3.8, 4) is 0 Å². The first-order valence-corrected chi connectivity index (χ1v) is 9.67. The summed E-state index contributed by atoms with van der Waals surface area (Å²) in [6.45, 7) is 17.2. The minimum absolute atomic E-state index is 0.0154. The van der Waals surface area contributed by atoms with Gasteiger partial charge in [0.05, 0.1) is 37.7 Å². The summed E-state index contributed by atoms with van der Waals surface area (Å²) in [7, 11) is 0. The molecule has 140 valence electrons. The molecule has 0 unspecified atom stereocenters. The molecule has 28 heavy (non-hydrogen) atoms. The molecule has 0 aliphatic heterocycles. The number of aliphatic hydroxyl groups is 1. The van der Waals surface area contributed by atoms with Crippen LogP contribution >= 0.6 is 11.8 Å². The minimum Gasteiger partial charge on any atom is -0.396 e. The highest BCUT2D eigenvalue weighted by Gasteiger charge is 2.18. The predicted octanol–water partition coefficient (Wildman–Crippen LogP) is 4.68. The summed E-state index contributed by atoms with van der Waals surface area (Å²) in [5, 5.41) is 10.4. The lowest BCUT2D eigenvalue weighted by atomic mass is 10.3. The maximum Gasteiger partial charge on any atom is 0.178 e. The van der Waals surface area contributed by atoms with Gasteiger partial charge in [-0.05, 0) is 35.6 Å². The molecule has 1 N–H and O–H groups in total. The van der Waals surface area contributed by atoms with Crippen molar-refractivity contribution in [1.29, 1.82) is 0 Å². The molecule has 0 radical (unpaired) electrons. The molecule has 2 heterocycles. The SMILES string of the molecule is [C-]#[N+]c1cc([N+]#[C-])cc(Sc2c(CC)nc(CCO)n2Cc2ccccn2)c1. The van der Waals surface area contributed by atoms with E-state index < -0.39 is 0 Å². The summed E-state index contributed by atoms with van der Waals surface area (Å²) in [6.07, 6.45) is 2.96. The Kier molecular flexibility index (Phi) is 6.44. The number of aryl methyl sites for hydroxylation is 1. The van der Waals surface area contributed by atoms with Crippen LogP contribution in [0.15, 0.2) is 52.5 Å². The fourth-order valence-electron chi connectivity index (χ4n) is 2.86. The summed E-state index contributed by atoms with van der Waals surface area (Å²) in [5.41, 5.74) is 2.73. The van der Waals surface area contributed by atoms with Crippen LogP contribution in [0.4, 0.5) is 11.4 Å². The van der Waals surface area contributed by atoms with Crippen molar-refractivity contribution in [3.05, 3.63) is 82.6 Å². The van der Waals surface area contributed by atoms with E-state index in [-0.39, 0.29) is 6.61 Å². The molecule has 0 fully saturated rings. The zero-order valence-electron chi connectivity index (χ0n) is 15.5. The zero-order valence-corrected chi connectivity index (χ0v) is 16.3. The third kappa shape index (κ3) is 4.40. The van der Waals surface area contributed by atoms with E-state index in [2.05, 4.69) is 19.2 Å². The fraction of sp³-hybridized carbons (Fsp3) is 0.238. The molecule has 0 saturated heterocycles. The Morgan fingerprint density at radius 2 is 1.89 bits per heavy atom. The first kappa shape index (κ1) is 19.6. The van der Waals surface area contributed by atoms with Crippen LogP contribution in [0.3, 0.4) is 0 Å². The molecule has 0 atom stereocenters. The van der Waals surface area contributed by atoms with E-state index in [0.29, 0.717) is 24.3 Å². The van der Waals surface area contributed by atoms with E-state index in [4.69, 9.17) is 18.1 Å². The Hall–Kier alpha value is -3.13. The maximum absolute atomic E-state index is 9.47. The molecule has 1 aromatic carbocycles. The van der Waals surface area contributed by atoms with Crippen LogP contribution in [0.2, 0.25) is 0 Å². The third-order valence-corrected chi connectivity index (χ3v) is 5.25. The fourth-order valence-corrected chi connectivity index (χ4v) is 4.03. The average Bonchev–Trinajstić information content (AvgIpc) is 3.05. The number of benzene rings is 1. The van der Waals surface area contributed by atoms with Gasteiger partial charge in [0.1, 0.15) is 10.9 Å². The Morgan fingerprint density at radius 3 is 2.46 bits per heavy atom. The van der Waals surface area contributed by atoms with Crippen LogP contribution < -0.4 is 0 Å². The van der Waals surface area contributed by atoms with Gasteiger partial charge in [-0.1, -0.05) is 30.8 Å². The standard InChI is InChI=1S/C21H19N5OS/c1-4-19-21(28-18-12-16(22-2)11-17(13-18)23-3)26(20(25-19)8-10-27)14-15-7-5-6-9-24-15/h5-7,9,11-13,27H,4,8,10,14H2,1H3. The molecule has 3 aromatic rings. The van der Waals surface area contributed by atoms with Crippen LogP contribution in [0.25, 0.3) is 9.69 Å². The number of nitrogens with zero attached hydrogens (tertiary/aromatic N) is 5. The molecule has 6 nitrogen and oxygen atoms in total. The van der Waals surface area contributed by atoms with E-state index in [1.165, 1.54) is 11.8 Å². The molecule has 0 aliphatic carbocycles. The van der Waals surface area contributed by atoms with Crippen LogP contribution in [0.1, 0.15) is 24.1 Å². The highest BCUT2D eigenvalue weighted by atomic mass is 32.2. The highest BCUT2D eigenvalue weighted by Crippen LogP contribution is 2.37. The molecule has 3 rings (SSSR count). The molecule has 0 spiro atoms. The Morgan fingerprint density at radius 1 is 1.14 bits per heavy atom. The summed E-state index contributed by atoms with van der Waals surface area (Å²) in [6, 6.07) is 10.9. The van der Waals surface area contributed by atoms with Gasteiger partial charge in [0.15, 0.2) is 11.4 Å². The normalized spacial score (nSPS) is 10.4. The molecular formula is C21H19N5OS. The maximum atomic E-state index is 9.47. The second kappa shape index (κ2) is 9.18. The summed E-state index contributed by atoms with van der Waals surface area (Å²) >= 11 is 1.49. The van der Waals surface area contributed by atoms with Gasteiger partial charge < -0.3 is 9.67 Å². The van der Waals surface area contributed by atoms with Crippen LogP contribution in [0.5, 0.6) is 0 Å². The Balaban J connectivity index is 2.06. The van der Waals surface area contributed by atoms with Crippen molar-refractivity contribution in [2.24, 2.45) is 0 Å². The average molecular weight is 389 g/mol. The lowest BCUT2D eigenvalue weighted by Gasteiger charge is -2.12. The number of imidazole rings is 1. The van der Waals surface area contributed by atoms with E-state index in [1.807, 2.05) is 25.1 Å². The quantitative estimate of drug-likeness (QED) is 0.596. The Bertz CT molecular complexity index is 1010. The summed E-state index contributed by atoms with van der Waals surface area (Å²) in [4.78, 5) is 16.9. The van der Waals surface area contributed by atoms with Gasteiger partial charge in [-0.25, -0.2) is 14.7 Å².